The molecule has 0 aliphatic rings. The lowest BCUT2D eigenvalue weighted by Gasteiger charge is -2.26. The molecule has 2 aromatic rings. The molecule has 1 aromatic carbocycles. The van der Waals surface area contributed by atoms with Crippen LogP contribution in [-0.4, -0.2) is 21.8 Å². The van der Waals surface area contributed by atoms with Gasteiger partial charge in [-0.25, -0.2) is 4.98 Å². The van der Waals surface area contributed by atoms with Gasteiger partial charge < -0.3 is 10.6 Å². The average molecular weight is 269 g/mol. The van der Waals surface area contributed by atoms with E-state index in [1.54, 1.807) is 17.0 Å². The van der Waals surface area contributed by atoms with Crippen molar-refractivity contribution in [3.8, 4) is 0 Å². The van der Waals surface area contributed by atoms with E-state index < -0.39 is 0 Å². The number of carbonyl (C=O) groups excluding carboxylic acids is 1. The highest BCUT2D eigenvalue weighted by Gasteiger charge is 2.19. The Hall–Kier alpha value is -2.36. The van der Waals surface area contributed by atoms with Crippen LogP contribution in [0.15, 0.2) is 48.7 Å². The Labute approximate surface area is 119 Å². The van der Waals surface area contributed by atoms with Gasteiger partial charge in [-0.1, -0.05) is 30.3 Å². The lowest BCUT2D eigenvalue weighted by molar-refractivity contribution is 0.0684. The third-order valence-corrected chi connectivity index (χ3v) is 3.09. The molecule has 0 saturated carbocycles. The molecule has 0 radical (unpaired) electrons. The van der Waals surface area contributed by atoms with Gasteiger partial charge in [0.15, 0.2) is 0 Å². The first-order valence-corrected chi connectivity index (χ1v) is 6.64. The lowest BCUT2D eigenvalue weighted by Crippen LogP contribution is -2.36. The fourth-order valence-corrected chi connectivity index (χ4v) is 1.95. The van der Waals surface area contributed by atoms with Crippen LogP contribution >= 0.6 is 0 Å². The van der Waals surface area contributed by atoms with E-state index in [1.807, 2.05) is 44.2 Å². The van der Waals surface area contributed by atoms with E-state index in [1.165, 1.54) is 6.20 Å². The number of pyridine rings is 1. The number of benzene rings is 1. The first-order valence-electron chi connectivity index (χ1n) is 6.64. The van der Waals surface area contributed by atoms with E-state index in [4.69, 9.17) is 5.73 Å². The number of nitrogens with zero attached hydrogens (tertiary/aromatic N) is 2. The minimum Gasteiger partial charge on any atom is -0.397 e. The first kappa shape index (κ1) is 14.1. The zero-order valence-corrected chi connectivity index (χ0v) is 11.8. The van der Waals surface area contributed by atoms with Crippen molar-refractivity contribution < 1.29 is 4.79 Å². The molecule has 1 heterocycles. The van der Waals surface area contributed by atoms with Gasteiger partial charge in [-0.15, -0.1) is 0 Å². The van der Waals surface area contributed by atoms with Crippen molar-refractivity contribution in [1.82, 2.24) is 9.88 Å². The largest absolute Gasteiger partial charge is 0.397 e. The van der Waals surface area contributed by atoms with Crippen LogP contribution < -0.4 is 5.73 Å². The molecular formula is C16H19N3O. The highest BCUT2D eigenvalue weighted by Crippen LogP contribution is 2.13. The number of hydrogen-bond donors (Lipinski definition) is 1. The maximum Gasteiger partial charge on any atom is 0.272 e. The molecule has 0 unspecified atom stereocenters. The lowest BCUT2D eigenvalue weighted by atomic mass is 10.1. The minimum atomic E-state index is -0.0798. The average Bonchev–Trinajstić information content (AvgIpc) is 2.45. The molecule has 20 heavy (non-hydrogen) atoms. The fraction of sp³-hybridized carbons (Fsp3) is 0.250. The minimum absolute atomic E-state index is 0.0798. The van der Waals surface area contributed by atoms with E-state index in [-0.39, 0.29) is 11.9 Å². The number of hydrogen-bond acceptors (Lipinski definition) is 3. The van der Waals surface area contributed by atoms with Gasteiger partial charge >= 0.3 is 0 Å². The Bertz CT molecular complexity index is 564. The predicted molar refractivity (Wildman–Crippen MR) is 80.1 cm³/mol. The van der Waals surface area contributed by atoms with Gasteiger partial charge in [-0.3, -0.25) is 4.79 Å². The summed E-state index contributed by atoms with van der Waals surface area (Å²) in [5.74, 6) is -0.0798. The molecule has 104 valence electrons. The standard InChI is InChI=1S/C16H19N3O/c1-12(2)19(11-13-6-4-3-5-7-13)16(20)15-9-8-14(17)10-18-15/h3-10,12H,11,17H2,1-2H3. The van der Waals surface area contributed by atoms with Gasteiger partial charge in [-0.2, -0.15) is 0 Å². The van der Waals surface area contributed by atoms with E-state index in [2.05, 4.69) is 4.98 Å². The number of nitrogen functional groups attached to an aromatic ring is 1. The molecule has 2 rings (SSSR count). The molecule has 0 bridgehead atoms. The maximum absolute atomic E-state index is 12.5. The summed E-state index contributed by atoms with van der Waals surface area (Å²) in [4.78, 5) is 18.4. The SMILES string of the molecule is CC(C)N(Cc1ccccc1)C(=O)c1ccc(N)cn1. The zero-order valence-electron chi connectivity index (χ0n) is 11.8. The Kier molecular flexibility index (Phi) is 4.35. The van der Waals surface area contributed by atoms with Crippen molar-refractivity contribution in [2.45, 2.75) is 26.4 Å². The molecule has 0 aliphatic heterocycles. The quantitative estimate of drug-likeness (QED) is 0.928. The van der Waals surface area contributed by atoms with E-state index >= 15 is 0 Å². The monoisotopic (exact) mass is 269 g/mol. The van der Waals surface area contributed by atoms with Crippen LogP contribution in [-0.2, 0) is 6.54 Å². The Morgan fingerprint density at radius 2 is 1.90 bits per heavy atom. The number of rotatable bonds is 4. The number of anilines is 1. The summed E-state index contributed by atoms with van der Waals surface area (Å²) in [6.45, 7) is 4.57. The maximum atomic E-state index is 12.5. The Morgan fingerprint density at radius 3 is 2.45 bits per heavy atom. The van der Waals surface area contributed by atoms with Crippen LogP contribution in [0.3, 0.4) is 0 Å². The third-order valence-electron chi connectivity index (χ3n) is 3.09. The van der Waals surface area contributed by atoms with Gasteiger partial charge in [0.2, 0.25) is 0 Å². The molecule has 1 amide bonds. The number of amides is 1. The molecule has 0 spiro atoms. The molecule has 1 aromatic heterocycles. The number of aromatic nitrogens is 1. The summed E-state index contributed by atoms with van der Waals surface area (Å²) >= 11 is 0. The van der Waals surface area contributed by atoms with Crippen LogP contribution in [0.25, 0.3) is 0 Å². The van der Waals surface area contributed by atoms with E-state index in [9.17, 15) is 4.79 Å². The molecule has 0 saturated heterocycles. The fourth-order valence-electron chi connectivity index (χ4n) is 1.95. The van der Waals surface area contributed by atoms with Gasteiger partial charge in [0.25, 0.3) is 5.91 Å². The normalized spacial score (nSPS) is 10.6. The third kappa shape index (κ3) is 3.35. The van der Waals surface area contributed by atoms with Gasteiger partial charge in [0.1, 0.15) is 5.69 Å². The Balaban J connectivity index is 2.20. The number of nitrogens with two attached hydrogens (primary N) is 1. The van der Waals surface area contributed by atoms with Gasteiger partial charge in [0, 0.05) is 12.6 Å². The molecular weight excluding hydrogens is 250 g/mol. The summed E-state index contributed by atoms with van der Waals surface area (Å²) in [6, 6.07) is 13.4. The van der Waals surface area contributed by atoms with Crippen molar-refractivity contribution >= 4 is 11.6 Å². The zero-order chi connectivity index (χ0) is 14.5. The molecule has 4 heteroatoms. The van der Waals surface area contributed by atoms with Crippen molar-refractivity contribution in [3.63, 3.8) is 0 Å². The molecule has 4 nitrogen and oxygen atoms in total. The molecule has 0 atom stereocenters. The molecule has 2 N–H and O–H groups in total. The van der Waals surface area contributed by atoms with Crippen molar-refractivity contribution in [1.29, 1.82) is 0 Å². The van der Waals surface area contributed by atoms with Crippen LogP contribution in [0, 0.1) is 0 Å². The number of carbonyl (C=O) groups is 1. The summed E-state index contributed by atoms with van der Waals surface area (Å²) in [5.41, 5.74) is 7.68. The summed E-state index contributed by atoms with van der Waals surface area (Å²) in [7, 11) is 0. The molecule has 0 fully saturated rings. The second-order valence-corrected chi connectivity index (χ2v) is 4.99. The molecule has 0 aliphatic carbocycles. The highest BCUT2D eigenvalue weighted by molar-refractivity contribution is 5.92. The summed E-state index contributed by atoms with van der Waals surface area (Å²) in [5, 5.41) is 0. The van der Waals surface area contributed by atoms with Crippen LogP contribution in [0.5, 0.6) is 0 Å². The van der Waals surface area contributed by atoms with Gasteiger partial charge in [-0.05, 0) is 31.5 Å². The smallest absolute Gasteiger partial charge is 0.272 e. The summed E-state index contributed by atoms with van der Waals surface area (Å²) in [6.07, 6.45) is 1.51. The van der Waals surface area contributed by atoms with Crippen molar-refractivity contribution in [2.75, 3.05) is 5.73 Å². The second-order valence-electron chi connectivity index (χ2n) is 4.99. The van der Waals surface area contributed by atoms with Gasteiger partial charge in [0.05, 0.1) is 11.9 Å². The van der Waals surface area contributed by atoms with Crippen LogP contribution in [0.2, 0.25) is 0 Å². The topological polar surface area (TPSA) is 59.2 Å². The highest BCUT2D eigenvalue weighted by atomic mass is 16.2. The van der Waals surface area contributed by atoms with Crippen LogP contribution in [0.1, 0.15) is 29.9 Å². The predicted octanol–water partition coefficient (Wildman–Crippen LogP) is 2.71. The van der Waals surface area contributed by atoms with Crippen LogP contribution in [0.4, 0.5) is 5.69 Å². The summed E-state index contributed by atoms with van der Waals surface area (Å²) < 4.78 is 0. The van der Waals surface area contributed by atoms with E-state index in [0.717, 1.165) is 5.56 Å². The van der Waals surface area contributed by atoms with Crippen molar-refractivity contribution in [2.24, 2.45) is 0 Å². The second kappa shape index (κ2) is 6.19. The Morgan fingerprint density at radius 1 is 1.20 bits per heavy atom. The van der Waals surface area contributed by atoms with Crippen molar-refractivity contribution in [3.05, 3.63) is 59.9 Å². The van der Waals surface area contributed by atoms with E-state index in [0.29, 0.717) is 17.9 Å². The first-order chi connectivity index (χ1) is 9.58.